The summed E-state index contributed by atoms with van der Waals surface area (Å²) in [7, 11) is 0. The number of carbonyl (C=O) groups excluding carboxylic acids is 2. The van der Waals surface area contributed by atoms with Gasteiger partial charge in [-0.2, -0.15) is 0 Å². The maximum atomic E-state index is 11.6. The maximum Gasteiger partial charge on any atom is 0.248 e. The van der Waals surface area contributed by atoms with E-state index in [1.54, 1.807) is 11.8 Å². The zero-order chi connectivity index (χ0) is 11.3. The molecule has 1 saturated heterocycles. The minimum atomic E-state index is -0.0460. The van der Waals surface area contributed by atoms with Crippen LogP contribution >= 0.6 is 0 Å². The number of hydrogen-bond acceptors (Lipinski definition) is 3. The molecule has 0 aliphatic carbocycles. The Labute approximate surface area is 90.6 Å². The van der Waals surface area contributed by atoms with Gasteiger partial charge in [-0.3, -0.25) is 9.59 Å². The number of amides is 1. The Morgan fingerprint density at radius 3 is 2.93 bits per heavy atom. The summed E-state index contributed by atoms with van der Waals surface area (Å²) in [5.74, 6) is 0.126. The number of hydrogen-bond donors (Lipinski definition) is 0. The molecule has 86 valence electrons. The fourth-order valence-electron chi connectivity index (χ4n) is 1.80. The summed E-state index contributed by atoms with van der Waals surface area (Å²) < 4.78 is 5.16. The van der Waals surface area contributed by atoms with Gasteiger partial charge < -0.3 is 9.64 Å². The van der Waals surface area contributed by atoms with Crippen LogP contribution in [0, 0.1) is 0 Å². The SMILES string of the molecule is CCCCN1C(=O)COCC1CC(C)=O. The molecule has 1 amide bonds. The van der Waals surface area contributed by atoms with Crippen molar-refractivity contribution in [1.82, 2.24) is 4.90 Å². The Morgan fingerprint density at radius 1 is 1.60 bits per heavy atom. The van der Waals surface area contributed by atoms with E-state index in [-0.39, 0.29) is 24.3 Å². The topological polar surface area (TPSA) is 46.6 Å². The van der Waals surface area contributed by atoms with E-state index in [4.69, 9.17) is 4.74 Å². The van der Waals surface area contributed by atoms with Crippen molar-refractivity contribution >= 4 is 11.7 Å². The largest absolute Gasteiger partial charge is 0.369 e. The van der Waals surface area contributed by atoms with Crippen molar-refractivity contribution in [3.05, 3.63) is 0 Å². The number of rotatable bonds is 5. The Balaban J connectivity index is 2.55. The zero-order valence-corrected chi connectivity index (χ0v) is 9.49. The Hall–Kier alpha value is -0.900. The number of nitrogens with zero attached hydrogens (tertiary/aromatic N) is 1. The van der Waals surface area contributed by atoms with Crippen LogP contribution in [-0.4, -0.2) is 42.4 Å². The first-order chi connectivity index (χ1) is 7.15. The molecule has 0 bridgehead atoms. The molecule has 0 N–H and O–H groups in total. The van der Waals surface area contributed by atoms with E-state index in [0.29, 0.717) is 13.0 Å². The van der Waals surface area contributed by atoms with Crippen LogP contribution < -0.4 is 0 Å². The van der Waals surface area contributed by atoms with Gasteiger partial charge in [0.05, 0.1) is 12.6 Å². The van der Waals surface area contributed by atoms with Gasteiger partial charge in [0.1, 0.15) is 12.4 Å². The predicted molar refractivity (Wildman–Crippen MR) is 56.5 cm³/mol. The molecule has 4 nitrogen and oxygen atoms in total. The maximum absolute atomic E-state index is 11.6. The van der Waals surface area contributed by atoms with Crippen molar-refractivity contribution in [2.75, 3.05) is 19.8 Å². The van der Waals surface area contributed by atoms with Crippen LogP contribution in [0.1, 0.15) is 33.1 Å². The summed E-state index contributed by atoms with van der Waals surface area (Å²) in [5.41, 5.74) is 0. The van der Waals surface area contributed by atoms with Gasteiger partial charge in [0, 0.05) is 13.0 Å². The number of morpholine rings is 1. The fourth-order valence-corrected chi connectivity index (χ4v) is 1.80. The monoisotopic (exact) mass is 213 g/mol. The minimum Gasteiger partial charge on any atom is -0.369 e. The molecular weight excluding hydrogens is 194 g/mol. The molecule has 1 aliphatic rings. The van der Waals surface area contributed by atoms with E-state index in [9.17, 15) is 9.59 Å². The van der Waals surface area contributed by atoms with Gasteiger partial charge in [0.15, 0.2) is 0 Å². The number of unbranched alkanes of at least 4 members (excludes halogenated alkanes) is 1. The number of ether oxygens (including phenoxy) is 1. The number of ketones is 1. The standard InChI is InChI=1S/C11H19NO3/c1-3-4-5-12-10(6-9(2)13)7-15-8-11(12)14/h10H,3-8H2,1-2H3. The number of carbonyl (C=O) groups is 2. The van der Waals surface area contributed by atoms with Crippen LogP contribution in [0.2, 0.25) is 0 Å². The lowest BCUT2D eigenvalue weighted by molar-refractivity contribution is -0.149. The molecule has 0 spiro atoms. The average Bonchev–Trinajstić information content (AvgIpc) is 2.16. The number of Topliss-reactive ketones (excluding diaryl/α,β-unsaturated/α-hetero) is 1. The Kier molecular flexibility index (Phi) is 4.75. The van der Waals surface area contributed by atoms with E-state index >= 15 is 0 Å². The van der Waals surface area contributed by atoms with E-state index in [0.717, 1.165) is 19.4 Å². The van der Waals surface area contributed by atoms with E-state index in [1.165, 1.54) is 0 Å². The van der Waals surface area contributed by atoms with E-state index in [1.807, 2.05) is 0 Å². The lowest BCUT2D eigenvalue weighted by Crippen LogP contribution is -2.50. The first-order valence-corrected chi connectivity index (χ1v) is 5.51. The van der Waals surface area contributed by atoms with Crippen molar-refractivity contribution < 1.29 is 14.3 Å². The molecule has 1 rings (SSSR count). The lowest BCUT2D eigenvalue weighted by Gasteiger charge is -2.35. The van der Waals surface area contributed by atoms with Crippen molar-refractivity contribution in [3.8, 4) is 0 Å². The quantitative estimate of drug-likeness (QED) is 0.684. The van der Waals surface area contributed by atoms with Crippen LogP contribution in [0.25, 0.3) is 0 Å². The minimum absolute atomic E-state index is 0.0148. The van der Waals surface area contributed by atoms with Crippen molar-refractivity contribution in [1.29, 1.82) is 0 Å². The molecule has 4 heteroatoms. The second-order valence-electron chi connectivity index (χ2n) is 4.02. The summed E-state index contributed by atoms with van der Waals surface area (Å²) in [6, 6.07) is -0.0460. The van der Waals surface area contributed by atoms with E-state index in [2.05, 4.69) is 6.92 Å². The molecular formula is C11H19NO3. The molecule has 0 radical (unpaired) electrons. The van der Waals surface area contributed by atoms with Crippen molar-refractivity contribution in [2.24, 2.45) is 0 Å². The van der Waals surface area contributed by atoms with Crippen LogP contribution in [0.3, 0.4) is 0 Å². The van der Waals surface area contributed by atoms with E-state index < -0.39 is 0 Å². The van der Waals surface area contributed by atoms with Crippen LogP contribution in [0.4, 0.5) is 0 Å². The smallest absolute Gasteiger partial charge is 0.248 e. The molecule has 0 aromatic carbocycles. The molecule has 1 heterocycles. The van der Waals surface area contributed by atoms with Crippen LogP contribution in [-0.2, 0) is 14.3 Å². The van der Waals surface area contributed by atoms with Gasteiger partial charge >= 0.3 is 0 Å². The predicted octanol–water partition coefficient (Wildman–Crippen LogP) is 0.993. The summed E-state index contributed by atoms with van der Waals surface area (Å²) in [6.45, 7) is 5.05. The average molecular weight is 213 g/mol. The molecule has 1 fully saturated rings. The first kappa shape index (κ1) is 12.2. The molecule has 0 aromatic rings. The third kappa shape index (κ3) is 3.63. The summed E-state index contributed by atoms with van der Waals surface area (Å²) in [6.07, 6.45) is 2.45. The Bertz CT molecular complexity index is 240. The van der Waals surface area contributed by atoms with Gasteiger partial charge in [-0.15, -0.1) is 0 Å². The highest BCUT2D eigenvalue weighted by molar-refractivity contribution is 5.81. The van der Waals surface area contributed by atoms with Gasteiger partial charge in [-0.1, -0.05) is 13.3 Å². The highest BCUT2D eigenvalue weighted by atomic mass is 16.5. The van der Waals surface area contributed by atoms with Crippen LogP contribution in [0.15, 0.2) is 0 Å². The summed E-state index contributed by atoms with van der Waals surface area (Å²) in [5, 5.41) is 0. The second kappa shape index (κ2) is 5.85. The van der Waals surface area contributed by atoms with Crippen molar-refractivity contribution in [2.45, 2.75) is 39.2 Å². The lowest BCUT2D eigenvalue weighted by atomic mass is 10.1. The zero-order valence-electron chi connectivity index (χ0n) is 9.49. The third-order valence-corrected chi connectivity index (χ3v) is 2.57. The molecule has 1 aliphatic heterocycles. The first-order valence-electron chi connectivity index (χ1n) is 5.51. The van der Waals surface area contributed by atoms with Gasteiger partial charge in [0.2, 0.25) is 5.91 Å². The van der Waals surface area contributed by atoms with Crippen LogP contribution in [0.5, 0.6) is 0 Å². The molecule has 0 aromatic heterocycles. The third-order valence-electron chi connectivity index (χ3n) is 2.57. The fraction of sp³-hybridized carbons (Fsp3) is 0.818. The second-order valence-corrected chi connectivity index (χ2v) is 4.02. The summed E-state index contributed by atoms with van der Waals surface area (Å²) in [4.78, 5) is 24.4. The molecule has 1 atom stereocenters. The van der Waals surface area contributed by atoms with Gasteiger partial charge in [0.25, 0.3) is 0 Å². The van der Waals surface area contributed by atoms with Crippen molar-refractivity contribution in [3.63, 3.8) is 0 Å². The summed E-state index contributed by atoms with van der Waals surface area (Å²) >= 11 is 0. The van der Waals surface area contributed by atoms with Gasteiger partial charge in [-0.25, -0.2) is 0 Å². The normalized spacial score (nSPS) is 21.9. The molecule has 0 saturated carbocycles. The Morgan fingerprint density at radius 2 is 2.33 bits per heavy atom. The van der Waals surface area contributed by atoms with Gasteiger partial charge in [-0.05, 0) is 13.3 Å². The highest BCUT2D eigenvalue weighted by Gasteiger charge is 2.28. The molecule has 1 unspecified atom stereocenters. The highest BCUT2D eigenvalue weighted by Crippen LogP contribution is 2.13. The molecule has 15 heavy (non-hydrogen) atoms.